The third-order valence-electron chi connectivity index (χ3n) is 7.86. The molecule has 0 saturated carbocycles. The molecule has 0 fully saturated rings. The van der Waals surface area contributed by atoms with Crippen molar-refractivity contribution in [1.82, 2.24) is 14.8 Å². The number of fused-ring (bicyclic) bond motifs is 1. The zero-order valence-electron chi connectivity index (χ0n) is 27.2. The van der Waals surface area contributed by atoms with E-state index in [1.54, 1.807) is 104 Å². The van der Waals surface area contributed by atoms with Crippen LogP contribution in [0.2, 0.25) is 0 Å². The van der Waals surface area contributed by atoms with Crippen LogP contribution in [0.15, 0.2) is 103 Å². The highest BCUT2D eigenvalue weighted by Gasteiger charge is 2.31. The number of methoxy groups -OCH3 is 1. The molecular formula is C35H37N5O8S. The van der Waals surface area contributed by atoms with Crippen LogP contribution in [0.25, 0.3) is 0 Å². The van der Waals surface area contributed by atoms with E-state index < -0.39 is 40.1 Å². The maximum absolute atomic E-state index is 13.8. The predicted molar refractivity (Wildman–Crippen MR) is 184 cm³/mol. The van der Waals surface area contributed by atoms with Crippen molar-refractivity contribution < 1.29 is 37.0 Å². The number of rotatable bonds is 13. The molecule has 14 heteroatoms. The van der Waals surface area contributed by atoms with E-state index in [4.69, 9.17) is 14.2 Å². The number of hydrogen-bond acceptors (Lipinski definition) is 8. The maximum atomic E-state index is 13.8. The second kappa shape index (κ2) is 15.5. The predicted octanol–water partition coefficient (Wildman–Crippen LogP) is 3.41. The molecule has 0 spiro atoms. The molecule has 0 saturated heterocycles. The van der Waals surface area contributed by atoms with E-state index >= 15 is 0 Å². The van der Waals surface area contributed by atoms with Gasteiger partial charge < -0.3 is 29.3 Å². The lowest BCUT2D eigenvalue weighted by atomic mass is 10.0. The molecule has 4 aromatic carbocycles. The number of likely N-dealkylation sites (N-methyl/N-ethyl adjacent to an activating group) is 2. The van der Waals surface area contributed by atoms with Gasteiger partial charge in [0, 0.05) is 38.0 Å². The Morgan fingerprint density at radius 1 is 0.735 bits per heavy atom. The van der Waals surface area contributed by atoms with Crippen LogP contribution in [0.3, 0.4) is 0 Å². The largest absolute Gasteiger partial charge is 0.497 e. The molecule has 0 aromatic heterocycles. The number of benzene rings is 4. The molecule has 256 valence electrons. The molecule has 0 unspecified atom stereocenters. The first-order valence-corrected chi connectivity index (χ1v) is 16.8. The second-order valence-corrected chi connectivity index (χ2v) is 12.7. The van der Waals surface area contributed by atoms with Crippen molar-refractivity contribution >= 4 is 39.4 Å². The summed E-state index contributed by atoms with van der Waals surface area (Å²) in [5, 5.41) is 2.51. The minimum absolute atomic E-state index is 0.0150. The summed E-state index contributed by atoms with van der Waals surface area (Å²) in [7, 11) is -0.0499. The Hall–Kier alpha value is -5.60. The molecule has 4 amide bonds. The fraction of sp³-hybridized carbons (Fsp3) is 0.229. The summed E-state index contributed by atoms with van der Waals surface area (Å²) in [6.07, 6.45) is 0.0649. The zero-order valence-corrected chi connectivity index (χ0v) is 28.0. The summed E-state index contributed by atoms with van der Waals surface area (Å²) in [5.41, 5.74) is 2.40. The Morgan fingerprint density at radius 2 is 1.27 bits per heavy atom. The first-order chi connectivity index (χ1) is 23.5. The van der Waals surface area contributed by atoms with Crippen LogP contribution in [0.1, 0.15) is 11.1 Å². The number of ether oxygens (including phenoxy) is 3. The fourth-order valence-corrected chi connectivity index (χ4v) is 6.15. The van der Waals surface area contributed by atoms with E-state index in [1.165, 1.54) is 24.0 Å². The number of urea groups is 1. The highest BCUT2D eigenvalue weighted by atomic mass is 32.2. The van der Waals surface area contributed by atoms with Crippen LogP contribution in [0.4, 0.5) is 16.2 Å². The molecule has 1 heterocycles. The van der Waals surface area contributed by atoms with Crippen LogP contribution in [-0.2, 0) is 32.6 Å². The quantitative estimate of drug-likeness (QED) is 0.193. The molecule has 3 N–H and O–H groups in total. The summed E-state index contributed by atoms with van der Waals surface area (Å²) in [4.78, 5) is 43.3. The van der Waals surface area contributed by atoms with E-state index in [0.29, 0.717) is 34.2 Å². The number of carbonyl (C=O) groups is 3. The Labute approximate surface area is 285 Å². The number of anilines is 2. The van der Waals surface area contributed by atoms with Crippen molar-refractivity contribution in [2.75, 3.05) is 37.8 Å². The van der Waals surface area contributed by atoms with Gasteiger partial charge in [-0.1, -0.05) is 60.7 Å². The van der Waals surface area contributed by atoms with E-state index in [1.807, 2.05) is 10.8 Å². The zero-order chi connectivity index (χ0) is 35.0. The topological polar surface area (TPSA) is 156 Å². The van der Waals surface area contributed by atoms with Crippen LogP contribution >= 0.6 is 0 Å². The number of amides is 4. The molecule has 0 radical (unpaired) electrons. The van der Waals surface area contributed by atoms with E-state index in [9.17, 15) is 22.8 Å². The van der Waals surface area contributed by atoms with Crippen molar-refractivity contribution in [3.63, 3.8) is 0 Å². The summed E-state index contributed by atoms with van der Waals surface area (Å²) >= 11 is 0. The lowest BCUT2D eigenvalue weighted by molar-refractivity contribution is -0.120. The highest BCUT2D eigenvalue weighted by molar-refractivity contribution is 7.88. The molecule has 4 aromatic rings. The fourth-order valence-electron chi connectivity index (χ4n) is 5.23. The minimum atomic E-state index is -4.64. The number of nitrogens with one attached hydrogen (secondary N) is 3. The Balaban J connectivity index is 1.32. The second-order valence-electron chi connectivity index (χ2n) is 11.2. The van der Waals surface area contributed by atoms with Crippen molar-refractivity contribution in [3.05, 3.63) is 114 Å². The molecule has 13 nitrogen and oxygen atoms in total. The molecular weight excluding hydrogens is 650 g/mol. The summed E-state index contributed by atoms with van der Waals surface area (Å²) in [6.45, 7) is 0.0518. The van der Waals surface area contributed by atoms with Gasteiger partial charge in [0.05, 0.1) is 7.11 Å². The van der Waals surface area contributed by atoms with Crippen LogP contribution in [0, 0.1) is 0 Å². The molecule has 1 aliphatic rings. The van der Waals surface area contributed by atoms with E-state index in [2.05, 4.69) is 10.0 Å². The van der Waals surface area contributed by atoms with Crippen molar-refractivity contribution in [1.29, 1.82) is 0 Å². The highest BCUT2D eigenvalue weighted by Crippen LogP contribution is 2.35. The normalized spacial score (nSPS) is 13.1. The number of hydrogen-bond donors (Lipinski definition) is 3. The minimum Gasteiger partial charge on any atom is -0.497 e. The monoisotopic (exact) mass is 687 g/mol. The molecule has 2 atom stereocenters. The lowest BCUT2D eigenvalue weighted by Crippen LogP contribution is -2.57. The third-order valence-corrected chi connectivity index (χ3v) is 8.90. The van der Waals surface area contributed by atoms with Crippen molar-refractivity contribution in [2.24, 2.45) is 0 Å². The first-order valence-electron chi connectivity index (χ1n) is 15.3. The Bertz CT molecular complexity index is 1880. The van der Waals surface area contributed by atoms with Gasteiger partial charge in [-0.3, -0.25) is 9.59 Å². The van der Waals surface area contributed by atoms with E-state index in [0.717, 1.165) is 5.56 Å². The number of nitrogens with zero attached hydrogens (tertiary/aromatic N) is 2. The van der Waals surface area contributed by atoms with Crippen LogP contribution in [0.5, 0.6) is 17.2 Å². The molecule has 49 heavy (non-hydrogen) atoms. The van der Waals surface area contributed by atoms with Gasteiger partial charge in [0.2, 0.25) is 18.6 Å². The van der Waals surface area contributed by atoms with Crippen LogP contribution < -0.4 is 38.8 Å². The smallest absolute Gasteiger partial charge is 0.330 e. The van der Waals surface area contributed by atoms with Gasteiger partial charge >= 0.3 is 16.2 Å². The van der Waals surface area contributed by atoms with Gasteiger partial charge in [-0.25, -0.2) is 9.52 Å². The Kier molecular flexibility index (Phi) is 11.0. The average molecular weight is 688 g/mol. The summed E-state index contributed by atoms with van der Waals surface area (Å²) < 4.78 is 47.0. The summed E-state index contributed by atoms with van der Waals surface area (Å²) in [6, 6.07) is 25.9. The van der Waals surface area contributed by atoms with Gasteiger partial charge in [0.15, 0.2) is 11.5 Å². The number of carbonyl (C=O) groups excluding carboxylic acids is 3. The Morgan fingerprint density at radius 3 is 1.88 bits per heavy atom. The molecule has 0 aliphatic carbocycles. The molecule has 0 bridgehead atoms. The standard InChI is InChI=1S/C35H37N5O8S/c1-39(26-14-17-28(46-3)18-15-26)33(41)29(20-24-10-6-4-7-11-24)36-35(43)38-49(44,45)37-30(21-25-12-8-5-9-13-25)34(42)40(2)27-16-19-31-32(22-27)48-23-47-31/h4-19,22,29-30,37H,20-21,23H2,1-3H3,(H2,36,38,43)/t29-,30-/m0/s1. The molecule has 1 aliphatic heterocycles. The third kappa shape index (κ3) is 9.06. The van der Waals surface area contributed by atoms with Gasteiger partial charge in [-0.15, -0.1) is 0 Å². The van der Waals surface area contributed by atoms with Crippen LogP contribution in [-0.4, -0.2) is 66.3 Å². The van der Waals surface area contributed by atoms with Crippen molar-refractivity contribution in [2.45, 2.75) is 24.9 Å². The molecule has 5 rings (SSSR count). The van der Waals surface area contributed by atoms with Gasteiger partial charge in [0.1, 0.15) is 17.8 Å². The van der Waals surface area contributed by atoms with Gasteiger partial charge in [-0.05, 0) is 53.9 Å². The lowest BCUT2D eigenvalue weighted by Gasteiger charge is -2.26. The maximum Gasteiger partial charge on any atom is 0.330 e. The van der Waals surface area contributed by atoms with Gasteiger partial charge in [-0.2, -0.15) is 13.1 Å². The summed E-state index contributed by atoms with van der Waals surface area (Å²) in [5.74, 6) is 0.504. The van der Waals surface area contributed by atoms with Gasteiger partial charge in [0.25, 0.3) is 0 Å². The first kappa shape index (κ1) is 34.7. The average Bonchev–Trinajstić information content (AvgIpc) is 3.58. The SMILES string of the molecule is COc1ccc(N(C)C(=O)[C@H](Cc2ccccc2)NC(=O)NS(=O)(=O)N[C@@H](Cc2ccccc2)C(=O)N(C)c2ccc3c(c2)OCO3)cc1. The van der Waals surface area contributed by atoms with Crippen molar-refractivity contribution in [3.8, 4) is 17.2 Å². The van der Waals surface area contributed by atoms with E-state index in [-0.39, 0.29) is 19.6 Å².